The second-order valence-corrected chi connectivity index (χ2v) is 6.28. The van der Waals surface area contributed by atoms with Crippen molar-refractivity contribution in [2.45, 2.75) is 44.7 Å². The van der Waals surface area contributed by atoms with E-state index in [0.29, 0.717) is 12.1 Å². The van der Waals surface area contributed by atoms with E-state index in [1.165, 1.54) is 50.9 Å². The van der Waals surface area contributed by atoms with E-state index in [1.807, 2.05) is 0 Å². The molecule has 0 aromatic heterocycles. The van der Waals surface area contributed by atoms with Gasteiger partial charge in [0.1, 0.15) is 0 Å². The second-order valence-electron chi connectivity index (χ2n) is 6.28. The molecule has 2 atom stereocenters. The van der Waals surface area contributed by atoms with E-state index in [4.69, 9.17) is 0 Å². The van der Waals surface area contributed by atoms with Crippen LogP contribution < -0.4 is 5.32 Å². The molecule has 0 radical (unpaired) electrons. The lowest BCUT2D eigenvalue weighted by Gasteiger charge is -2.32. The third-order valence-electron chi connectivity index (χ3n) is 4.64. The number of nitrogens with zero attached hydrogens (tertiary/aromatic N) is 1. The third kappa shape index (κ3) is 3.58. The van der Waals surface area contributed by atoms with E-state index < -0.39 is 0 Å². The summed E-state index contributed by atoms with van der Waals surface area (Å²) >= 11 is 0. The number of hydrogen-bond acceptors (Lipinski definition) is 2. The van der Waals surface area contributed by atoms with Gasteiger partial charge >= 0.3 is 0 Å². The first-order chi connectivity index (χ1) is 9.33. The zero-order valence-corrected chi connectivity index (χ0v) is 12.0. The average molecular weight is 258 g/mol. The van der Waals surface area contributed by atoms with Gasteiger partial charge in [0.15, 0.2) is 0 Å². The van der Waals surface area contributed by atoms with Crippen LogP contribution in [0, 0.1) is 5.92 Å². The Morgan fingerprint density at radius 1 is 1.16 bits per heavy atom. The monoisotopic (exact) mass is 258 g/mol. The Morgan fingerprint density at radius 3 is 2.58 bits per heavy atom. The van der Waals surface area contributed by atoms with E-state index in [2.05, 4.69) is 47.5 Å². The van der Waals surface area contributed by atoms with Gasteiger partial charge in [0.25, 0.3) is 0 Å². The molecule has 2 fully saturated rings. The Morgan fingerprint density at radius 2 is 1.95 bits per heavy atom. The largest absolute Gasteiger partial charge is 0.313 e. The van der Waals surface area contributed by atoms with Crippen LogP contribution in [0.2, 0.25) is 0 Å². The highest BCUT2D eigenvalue weighted by Crippen LogP contribution is 2.33. The van der Waals surface area contributed by atoms with Gasteiger partial charge in [-0.1, -0.05) is 30.3 Å². The molecule has 2 heteroatoms. The van der Waals surface area contributed by atoms with E-state index in [0.717, 1.165) is 5.92 Å². The summed E-state index contributed by atoms with van der Waals surface area (Å²) in [5, 5.41) is 3.65. The van der Waals surface area contributed by atoms with Crippen molar-refractivity contribution in [2.24, 2.45) is 5.92 Å². The second kappa shape index (κ2) is 6.06. The number of rotatable bonds is 6. The van der Waals surface area contributed by atoms with Crippen LogP contribution in [0.15, 0.2) is 30.3 Å². The summed E-state index contributed by atoms with van der Waals surface area (Å²) in [6.07, 6.45) is 5.58. The Labute approximate surface area is 117 Å². The van der Waals surface area contributed by atoms with Crippen molar-refractivity contribution in [3.05, 3.63) is 35.9 Å². The molecule has 1 aromatic carbocycles. The van der Waals surface area contributed by atoms with Crippen LogP contribution in [0.5, 0.6) is 0 Å². The van der Waals surface area contributed by atoms with Gasteiger partial charge in [0, 0.05) is 25.2 Å². The van der Waals surface area contributed by atoms with Crippen molar-refractivity contribution in [3.8, 4) is 0 Å². The summed E-state index contributed by atoms with van der Waals surface area (Å²) in [7, 11) is 0. The first kappa shape index (κ1) is 13.1. The summed E-state index contributed by atoms with van der Waals surface area (Å²) < 4.78 is 0. The highest BCUT2D eigenvalue weighted by molar-refractivity contribution is 5.18. The molecule has 1 aliphatic carbocycles. The minimum atomic E-state index is 0.546. The fraction of sp³-hybridized carbons (Fsp3) is 0.647. The van der Waals surface area contributed by atoms with Gasteiger partial charge in [-0.05, 0) is 50.6 Å². The normalized spacial score (nSPS) is 24.8. The fourth-order valence-corrected chi connectivity index (χ4v) is 3.16. The van der Waals surface area contributed by atoms with Crippen LogP contribution >= 0.6 is 0 Å². The molecule has 1 saturated carbocycles. The summed E-state index contributed by atoms with van der Waals surface area (Å²) in [6.45, 7) is 6.08. The molecule has 1 aromatic rings. The molecule has 0 amide bonds. The highest BCUT2D eigenvalue weighted by atomic mass is 15.2. The third-order valence-corrected chi connectivity index (χ3v) is 4.64. The van der Waals surface area contributed by atoms with Gasteiger partial charge in [-0.25, -0.2) is 0 Å². The Kier molecular flexibility index (Phi) is 4.19. The van der Waals surface area contributed by atoms with Gasteiger partial charge in [0.05, 0.1) is 0 Å². The van der Waals surface area contributed by atoms with Crippen molar-refractivity contribution in [3.63, 3.8) is 0 Å². The first-order valence-corrected chi connectivity index (χ1v) is 7.85. The fourth-order valence-electron chi connectivity index (χ4n) is 3.16. The smallest absolute Gasteiger partial charge is 0.0320 e. The molecule has 2 nitrogen and oxygen atoms in total. The van der Waals surface area contributed by atoms with Crippen molar-refractivity contribution in [1.29, 1.82) is 0 Å². The maximum absolute atomic E-state index is 3.65. The maximum Gasteiger partial charge on any atom is 0.0320 e. The van der Waals surface area contributed by atoms with Crippen LogP contribution in [0.1, 0.15) is 44.2 Å². The van der Waals surface area contributed by atoms with Crippen LogP contribution in [-0.2, 0) is 0 Å². The van der Waals surface area contributed by atoms with Crippen molar-refractivity contribution in [1.82, 2.24) is 10.2 Å². The lowest BCUT2D eigenvalue weighted by Crippen LogP contribution is -2.40. The average Bonchev–Trinajstić information content (AvgIpc) is 3.12. The number of hydrogen-bond donors (Lipinski definition) is 1. The topological polar surface area (TPSA) is 15.3 Å². The molecule has 1 N–H and O–H groups in total. The predicted molar refractivity (Wildman–Crippen MR) is 80.2 cm³/mol. The molecule has 0 spiro atoms. The SMILES string of the molecule is C[C@H](c1ccccc1)N(CC1CC1)C[C@@H]1CCCN1. The molecule has 2 aliphatic rings. The molecule has 0 unspecified atom stereocenters. The maximum atomic E-state index is 3.65. The molecular formula is C17H26N2. The summed E-state index contributed by atoms with van der Waals surface area (Å²) in [4.78, 5) is 2.70. The quantitative estimate of drug-likeness (QED) is 0.843. The Balaban J connectivity index is 1.66. The first-order valence-electron chi connectivity index (χ1n) is 7.85. The van der Waals surface area contributed by atoms with E-state index >= 15 is 0 Å². The van der Waals surface area contributed by atoms with Crippen LogP contribution in [-0.4, -0.2) is 30.6 Å². The molecule has 104 valence electrons. The van der Waals surface area contributed by atoms with E-state index in [1.54, 1.807) is 0 Å². The van der Waals surface area contributed by atoms with Gasteiger partial charge in [-0.3, -0.25) is 4.90 Å². The molecule has 0 bridgehead atoms. The minimum absolute atomic E-state index is 0.546. The molecule has 1 saturated heterocycles. The summed E-state index contributed by atoms with van der Waals surface area (Å²) in [5.74, 6) is 0.965. The van der Waals surface area contributed by atoms with E-state index in [-0.39, 0.29) is 0 Å². The summed E-state index contributed by atoms with van der Waals surface area (Å²) in [6, 6.07) is 12.2. The van der Waals surface area contributed by atoms with Gasteiger partial charge in [0.2, 0.25) is 0 Å². The lowest BCUT2D eigenvalue weighted by molar-refractivity contribution is 0.184. The zero-order valence-electron chi connectivity index (χ0n) is 12.0. The van der Waals surface area contributed by atoms with Crippen molar-refractivity contribution >= 4 is 0 Å². The summed E-state index contributed by atoms with van der Waals surface area (Å²) in [5.41, 5.74) is 1.46. The molecule has 1 aliphatic heterocycles. The van der Waals surface area contributed by atoms with Gasteiger partial charge < -0.3 is 5.32 Å². The van der Waals surface area contributed by atoms with Crippen LogP contribution in [0.3, 0.4) is 0 Å². The Bertz CT molecular complexity index is 380. The van der Waals surface area contributed by atoms with Crippen molar-refractivity contribution < 1.29 is 0 Å². The standard InChI is InChI=1S/C17H26N2/c1-14(16-6-3-2-4-7-16)19(12-15-9-10-15)13-17-8-5-11-18-17/h2-4,6-7,14-15,17-18H,5,8-13H2,1H3/t14-,17+/m1/s1. The van der Waals surface area contributed by atoms with Gasteiger partial charge in [-0.2, -0.15) is 0 Å². The van der Waals surface area contributed by atoms with Gasteiger partial charge in [-0.15, -0.1) is 0 Å². The molecule has 3 rings (SSSR count). The van der Waals surface area contributed by atoms with Crippen LogP contribution in [0.4, 0.5) is 0 Å². The molecular weight excluding hydrogens is 232 g/mol. The van der Waals surface area contributed by atoms with Crippen molar-refractivity contribution in [2.75, 3.05) is 19.6 Å². The predicted octanol–water partition coefficient (Wildman–Crippen LogP) is 3.21. The number of nitrogens with one attached hydrogen (secondary N) is 1. The highest BCUT2D eigenvalue weighted by Gasteiger charge is 2.29. The lowest BCUT2D eigenvalue weighted by atomic mass is 10.1. The molecule has 1 heterocycles. The molecule has 19 heavy (non-hydrogen) atoms. The Hall–Kier alpha value is -0.860. The number of benzene rings is 1. The van der Waals surface area contributed by atoms with E-state index in [9.17, 15) is 0 Å². The minimum Gasteiger partial charge on any atom is -0.313 e. The zero-order chi connectivity index (χ0) is 13.1. The van der Waals surface area contributed by atoms with Crippen LogP contribution in [0.25, 0.3) is 0 Å².